The van der Waals surface area contributed by atoms with E-state index in [1.54, 1.807) is 4.90 Å². The number of nitrogens with one attached hydrogen (secondary N) is 1. The summed E-state index contributed by atoms with van der Waals surface area (Å²) in [5.41, 5.74) is 0. The summed E-state index contributed by atoms with van der Waals surface area (Å²) < 4.78 is 4.85. The molecule has 0 bridgehead atoms. The standard InChI is InChI=1S/C15H28N2O3/c1-3-14(18)11-8-13(16-12-6-4-5-7-12)10-17(9-11)15(19)20-2/h11-14,16,18H,3-10H2,1-2H3. The summed E-state index contributed by atoms with van der Waals surface area (Å²) in [5.74, 6) is 0.145. The lowest BCUT2D eigenvalue weighted by molar-refractivity contribution is 0.0311. The van der Waals surface area contributed by atoms with Crippen molar-refractivity contribution in [3.05, 3.63) is 0 Å². The van der Waals surface area contributed by atoms with E-state index in [9.17, 15) is 9.90 Å². The van der Waals surface area contributed by atoms with Gasteiger partial charge in [-0.1, -0.05) is 19.8 Å². The van der Waals surface area contributed by atoms with Crippen LogP contribution in [0.15, 0.2) is 0 Å². The van der Waals surface area contributed by atoms with Gasteiger partial charge in [0.25, 0.3) is 0 Å². The predicted molar refractivity (Wildman–Crippen MR) is 77.6 cm³/mol. The summed E-state index contributed by atoms with van der Waals surface area (Å²) in [4.78, 5) is 13.5. The minimum atomic E-state index is -0.338. The van der Waals surface area contributed by atoms with Gasteiger partial charge in [-0.15, -0.1) is 0 Å². The van der Waals surface area contributed by atoms with Crippen molar-refractivity contribution in [2.24, 2.45) is 5.92 Å². The van der Waals surface area contributed by atoms with Crippen LogP contribution < -0.4 is 5.32 Å². The molecule has 0 aromatic rings. The number of ether oxygens (including phenoxy) is 1. The number of carbonyl (C=O) groups excluding carboxylic acids is 1. The number of aliphatic hydroxyl groups excluding tert-OH is 1. The number of aliphatic hydroxyl groups is 1. The molecular weight excluding hydrogens is 256 g/mol. The first-order valence-electron chi connectivity index (χ1n) is 7.91. The lowest BCUT2D eigenvalue weighted by Crippen LogP contribution is -2.55. The SMILES string of the molecule is CCC(O)C1CC(NC2CCCC2)CN(C(=O)OC)C1. The molecule has 1 saturated heterocycles. The maximum Gasteiger partial charge on any atom is 0.409 e. The molecule has 1 aliphatic heterocycles. The first kappa shape index (κ1) is 15.6. The Labute approximate surface area is 121 Å². The second-order valence-corrected chi connectivity index (χ2v) is 6.19. The Morgan fingerprint density at radius 2 is 2.05 bits per heavy atom. The number of likely N-dealkylation sites (tertiary alicyclic amines) is 1. The molecule has 1 saturated carbocycles. The minimum absolute atomic E-state index is 0.145. The maximum absolute atomic E-state index is 11.8. The fourth-order valence-corrected chi connectivity index (χ4v) is 3.57. The van der Waals surface area contributed by atoms with Crippen molar-refractivity contribution in [2.75, 3.05) is 20.2 Å². The summed E-state index contributed by atoms with van der Waals surface area (Å²) in [7, 11) is 1.42. The molecule has 1 aliphatic carbocycles. The van der Waals surface area contributed by atoms with Gasteiger partial charge >= 0.3 is 6.09 Å². The Morgan fingerprint density at radius 1 is 1.35 bits per heavy atom. The molecule has 3 atom stereocenters. The highest BCUT2D eigenvalue weighted by Crippen LogP contribution is 2.25. The summed E-state index contributed by atoms with van der Waals surface area (Å²) in [6, 6.07) is 0.856. The molecule has 0 spiro atoms. The Morgan fingerprint density at radius 3 is 2.65 bits per heavy atom. The van der Waals surface area contributed by atoms with Gasteiger partial charge in [0.05, 0.1) is 13.2 Å². The van der Waals surface area contributed by atoms with Crippen LogP contribution in [0.1, 0.15) is 45.4 Å². The Hall–Kier alpha value is -0.810. The molecule has 5 nitrogen and oxygen atoms in total. The molecule has 5 heteroatoms. The molecule has 2 aliphatic rings. The normalized spacial score (nSPS) is 29.4. The number of hydrogen-bond acceptors (Lipinski definition) is 4. The van der Waals surface area contributed by atoms with Crippen molar-refractivity contribution in [1.29, 1.82) is 0 Å². The van der Waals surface area contributed by atoms with E-state index in [2.05, 4.69) is 5.32 Å². The molecule has 1 heterocycles. The molecule has 1 amide bonds. The molecule has 2 fully saturated rings. The first-order valence-corrected chi connectivity index (χ1v) is 7.91. The highest BCUT2D eigenvalue weighted by Gasteiger charge is 2.34. The summed E-state index contributed by atoms with van der Waals surface area (Å²) >= 11 is 0. The topological polar surface area (TPSA) is 61.8 Å². The third-order valence-corrected chi connectivity index (χ3v) is 4.70. The van der Waals surface area contributed by atoms with Crippen LogP contribution in [0.3, 0.4) is 0 Å². The summed E-state index contributed by atoms with van der Waals surface area (Å²) in [6.45, 7) is 3.28. The number of rotatable bonds is 4. The van der Waals surface area contributed by atoms with E-state index in [0.29, 0.717) is 19.1 Å². The number of carbonyl (C=O) groups is 1. The van der Waals surface area contributed by atoms with Crippen molar-refractivity contribution in [3.63, 3.8) is 0 Å². The maximum atomic E-state index is 11.8. The van der Waals surface area contributed by atoms with Gasteiger partial charge in [-0.05, 0) is 25.7 Å². The van der Waals surface area contributed by atoms with Gasteiger partial charge in [0.2, 0.25) is 0 Å². The van der Waals surface area contributed by atoms with Crippen molar-refractivity contribution in [1.82, 2.24) is 10.2 Å². The van der Waals surface area contributed by atoms with E-state index in [-0.39, 0.29) is 24.2 Å². The molecule has 2 N–H and O–H groups in total. The van der Waals surface area contributed by atoms with Crippen LogP contribution in [-0.4, -0.2) is 54.5 Å². The lowest BCUT2D eigenvalue weighted by Gasteiger charge is -2.40. The zero-order chi connectivity index (χ0) is 14.5. The molecular formula is C15H28N2O3. The van der Waals surface area contributed by atoms with Crippen molar-refractivity contribution < 1.29 is 14.6 Å². The number of piperidine rings is 1. The van der Waals surface area contributed by atoms with Gasteiger partial charge in [-0.2, -0.15) is 0 Å². The van der Waals surface area contributed by atoms with Crippen molar-refractivity contribution >= 4 is 6.09 Å². The van der Waals surface area contributed by atoms with Gasteiger partial charge in [0, 0.05) is 31.1 Å². The van der Waals surface area contributed by atoms with E-state index >= 15 is 0 Å². The Bertz CT molecular complexity index is 318. The van der Waals surface area contributed by atoms with Gasteiger partial charge in [0.15, 0.2) is 0 Å². The van der Waals surface area contributed by atoms with E-state index < -0.39 is 0 Å². The quantitative estimate of drug-likeness (QED) is 0.825. The summed E-state index contributed by atoms with van der Waals surface area (Å²) in [5, 5.41) is 13.8. The van der Waals surface area contributed by atoms with Crippen LogP contribution in [-0.2, 0) is 4.74 Å². The zero-order valence-electron chi connectivity index (χ0n) is 12.7. The number of amides is 1. The first-order chi connectivity index (χ1) is 9.63. The predicted octanol–water partition coefficient (Wildman–Crippen LogP) is 1.75. The zero-order valence-corrected chi connectivity index (χ0v) is 12.7. The molecule has 2 rings (SSSR count). The Balaban J connectivity index is 1.96. The van der Waals surface area contributed by atoms with Crippen LogP contribution >= 0.6 is 0 Å². The highest BCUT2D eigenvalue weighted by molar-refractivity contribution is 5.67. The fourth-order valence-electron chi connectivity index (χ4n) is 3.57. The van der Waals surface area contributed by atoms with Crippen LogP contribution in [0.5, 0.6) is 0 Å². The van der Waals surface area contributed by atoms with E-state index in [1.807, 2.05) is 6.92 Å². The van der Waals surface area contributed by atoms with Gasteiger partial charge in [0.1, 0.15) is 0 Å². The van der Waals surface area contributed by atoms with Crippen molar-refractivity contribution in [2.45, 2.75) is 63.6 Å². The Kier molecular flexibility index (Phi) is 5.66. The second kappa shape index (κ2) is 7.27. The molecule has 116 valence electrons. The van der Waals surface area contributed by atoms with Crippen LogP contribution in [0, 0.1) is 5.92 Å². The molecule has 20 heavy (non-hydrogen) atoms. The smallest absolute Gasteiger partial charge is 0.409 e. The van der Waals surface area contributed by atoms with Gasteiger partial charge in [-0.25, -0.2) is 4.79 Å². The molecule has 0 aromatic carbocycles. The number of hydrogen-bond donors (Lipinski definition) is 2. The third-order valence-electron chi connectivity index (χ3n) is 4.70. The summed E-state index contributed by atoms with van der Waals surface area (Å²) in [6.07, 6.45) is 6.12. The largest absolute Gasteiger partial charge is 0.453 e. The second-order valence-electron chi connectivity index (χ2n) is 6.19. The average Bonchev–Trinajstić information content (AvgIpc) is 2.98. The van der Waals surface area contributed by atoms with Crippen LogP contribution in [0.4, 0.5) is 4.79 Å². The molecule has 3 unspecified atom stereocenters. The lowest BCUT2D eigenvalue weighted by atomic mass is 9.88. The van der Waals surface area contributed by atoms with Crippen molar-refractivity contribution in [3.8, 4) is 0 Å². The molecule has 0 aromatic heterocycles. The fraction of sp³-hybridized carbons (Fsp3) is 0.933. The van der Waals surface area contributed by atoms with Gasteiger partial charge in [-0.3, -0.25) is 0 Å². The van der Waals surface area contributed by atoms with Crippen LogP contribution in [0.25, 0.3) is 0 Å². The average molecular weight is 284 g/mol. The van der Waals surface area contributed by atoms with Gasteiger partial charge < -0.3 is 20.1 Å². The van der Waals surface area contributed by atoms with E-state index in [4.69, 9.17) is 4.74 Å². The van der Waals surface area contributed by atoms with Crippen LogP contribution in [0.2, 0.25) is 0 Å². The highest BCUT2D eigenvalue weighted by atomic mass is 16.5. The monoisotopic (exact) mass is 284 g/mol. The number of methoxy groups -OCH3 is 1. The van der Waals surface area contributed by atoms with E-state index in [0.717, 1.165) is 12.8 Å². The minimum Gasteiger partial charge on any atom is -0.453 e. The van der Waals surface area contributed by atoms with E-state index in [1.165, 1.54) is 32.8 Å². The number of nitrogens with zero attached hydrogens (tertiary/aromatic N) is 1. The molecule has 0 radical (unpaired) electrons. The third kappa shape index (κ3) is 3.85.